The molecule has 0 bridgehead atoms. The summed E-state index contributed by atoms with van der Waals surface area (Å²) in [5, 5.41) is 10.7. The molecule has 0 aromatic heterocycles. The zero-order valence-corrected chi connectivity index (χ0v) is 9.72. The lowest BCUT2D eigenvalue weighted by Crippen LogP contribution is -2.21. The third kappa shape index (κ3) is 2.72. The first kappa shape index (κ1) is 11.8. The van der Waals surface area contributed by atoms with Crippen molar-refractivity contribution in [2.45, 2.75) is 25.4 Å². The maximum atomic E-state index is 10.7. The molecular formula is C11H16N4O2. The van der Waals surface area contributed by atoms with Gasteiger partial charge in [-0.2, -0.15) is 0 Å². The molecule has 0 unspecified atom stereocenters. The molecule has 1 aromatic carbocycles. The van der Waals surface area contributed by atoms with Gasteiger partial charge in [-0.05, 0) is 31.5 Å². The molecular weight excluding hydrogens is 220 g/mol. The van der Waals surface area contributed by atoms with Crippen LogP contribution in [0.3, 0.4) is 0 Å². The largest absolute Gasteiger partial charge is 0.324 e. The molecule has 0 heterocycles. The Labute approximate surface area is 99.5 Å². The van der Waals surface area contributed by atoms with Gasteiger partial charge < -0.3 is 5.43 Å². The van der Waals surface area contributed by atoms with E-state index in [1.807, 2.05) is 7.05 Å². The van der Waals surface area contributed by atoms with Crippen LogP contribution in [0.1, 0.15) is 18.4 Å². The number of benzene rings is 1. The Hall–Kier alpha value is -1.66. The van der Waals surface area contributed by atoms with Gasteiger partial charge in [-0.1, -0.05) is 0 Å². The van der Waals surface area contributed by atoms with Gasteiger partial charge in [0.1, 0.15) is 0 Å². The van der Waals surface area contributed by atoms with Crippen molar-refractivity contribution >= 4 is 11.4 Å². The number of nitro benzene ring substituents is 1. The highest BCUT2D eigenvalue weighted by atomic mass is 16.6. The molecule has 0 radical (unpaired) electrons. The summed E-state index contributed by atoms with van der Waals surface area (Å²) in [7, 11) is 2.02. The molecule has 0 saturated heterocycles. The smallest absolute Gasteiger partial charge is 0.269 e. The van der Waals surface area contributed by atoms with E-state index in [1.165, 1.54) is 18.9 Å². The summed E-state index contributed by atoms with van der Waals surface area (Å²) in [4.78, 5) is 12.5. The molecule has 0 atom stereocenters. The van der Waals surface area contributed by atoms with Gasteiger partial charge in [-0.15, -0.1) is 0 Å². The summed E-state index contributed by atoms with van der Waals surface area (Å²) in [5.74, 6) is 5.41. The van der Waals surface area contributed by atoms with Crippen LogP contribution < -0.4 is 11.3 Å². The topological polar surface area (TPSA) is 84.4 Å². The molecule has 1 aromatic rings. The average molecular weight is 236 g/mol. The minimum Gasteiger partial charge on any atom is -0.324 e. The van der Waals surface area contributed by atoms with E-state index in [2.05, 4.69) is 10.3 Å². The Morgan fingerprint density at radius 2 is 2.29 bits per heavy atom. The van der Waals surface area contributed by atoms with Gasteiger partial charge in [0, 0.05) is 24.7 Å². The average Bonchev–Trinajstić information content (AvgIpc) is 3.12. The van der Waals surface area contributed by atoms with Gasteiger partial charge in [-0.3, -0.25) is 20.9 Å². The van der Waals surface area contributed by atoms with Crippen molar-refractivity contribution in [2.75, 3.05) is 12.5 Å². The molecule has 1 aliphatic rings. The van der Waals surface area contributed by atoms with Gasteiger partial charge in [0.05, 0.1) is 10.6 Å². The lowest BCUT2D eigenvalue weighted by Gasteiger charge is -2.17. The quantitative estimate of drug-likeness (QED) is 0.459. The number of anilines is 1. The van der Waals surface area contributed by atoms with Crippen molar-refractivity contribution in [3.63, 3.8) is 0 Å². The van der Waals surface area contributed by atoms with Gasteiger partial charge >= 0.3 is 0 Å². The fourth-order valence-electron chi connectivity index (χ4n) is 1.88. The zero-order valence-electron chi connectivity index (χ0n) is 9.72. The molecule has 3 N–H and O–H groups in total. The third-order valence-electron chi connectivity index (χ3n) is 3.05. The molecule has 1 aliphatic carbocycles. The Morgan fingerprint density at radius 3 is 2.82 bits per heavy atom. The van der Waals surface area contributed by atoms with Crippen molar-refractivity contribution < 1.29 is 4.92 Å². The Bertz CT molecular complexity index is 431. The van der Waals surface area contributed by atoms with Gasteiger partial charge in [0.25, 0.3) is 5.69 Å². The first-order valence-corrected chi connectivity index (χ1v) is 5.56. The van der Waals surface area contributed by atoms with Crippen LogP contribution in [0.5, 0.6) is 0 Å². The number of hydrazine groups is 1. The number of rotatable bonds is 5. The SMILES string of the molecule is CN(Cc1cc([N+](=O)[O-])ccc1NN)C1CC1. The van der Waals surface area contributed by atoms with Crippen molar-refractivity contribution in [2.24, 2.45) is 5.84 Å². The highest BCUT2D eigenvalue weighted by molar-refractivity contribution is 5.55. The number of hydrogen-bond donors (Lipinski definition) is 2. The van der Waals surface area contributed by atoms with E-state index in [9.17, 15) is 10.1 Å². The first-order valence-electron chi connectivity index (χ1n) is 5.56. The number of non-ortho nitro benzene ring substituents is 1. The minimum atomic E-state index is -0.388. The predicted octanol–water partition coefficient (Wildman–Crippen LogP) is 1.47. The lowest BCUT2D eigenvalue weighted by molar-refractivity contribution is -0.384. The van der Waals surface area contributed by atoms with E-state index < -0.39 is 0 Å². The predicted molar refractivity (Wildman–Crippen MR) is 65.4 cm³/mol. The number of nitrogen functional groups attached to an aromatic ring is 1. The van der Waals surface area contributed by atoms with Crippen molar-refractivity contribution in [3.05, 3.63) is 33.9 Å². The number of nitrogens with zero attached hydrogens (tertiary/aromatic N) is 2. The normalized spacial score (nSPS) is 15.0. The maximum Gasteiger partial charge on any atom is 0.269 e. The Balaban J connectivity index is 2.21. The third-order valence-corrected chi connectivity index (χ3v) is 3.05. The molecule has 6 nitrogen and oxygen atoms in total. The van der Waals surface area contributed by atoms with Crippen LogP contribution >= 0.6 is 0 Å². The summed E-state index contributed by atoms with van der Waals surface area (Å²) in [6.45, 7) is 0.672. The molecule has 0 aliphatic heterocycles. The van der Waals surface area contributed by atoms with Crippen LogP contribution in [0.4, 0.5) is 11.4 Å². The van der Waals surface area contributed by atoms with E-state index in [4.69, 9.17) is 5.84 Å². The standard InChI is InChI=1S/C11H16N4O2/c1-14(9-2-3-9)7-8-6-10(15(16)17)4-5-11(8)13-12/h4-6,9,13H,2-3,7,12H2,1H3. The molecule has 0 amide bonds. The summed E-state index contributed by atoms with van der Waals surface area (Å²) >= 11 is 0. The number of nitro groups is 1. The monoisotopic (exact) mass is 236 g/mol. The maximum absolute atomic E-state index is 10.7. The Kier molecular flexibility index (Phi) is 3.26. The Morgan fingerprint density at radius 1 is 1.59 bits per heavy atom. The summed E-state index contributed by atoms with van der Waals surface area (Å²) in [6.07, 6.45) is 2.41. The van der Waals surface area contributed by atoms with Gasteiger partial charge in [-0.25, -0.2) is 0 Å². The molecule has 6 heteroatoms. The second-order valence-electron chi connectivity index (χ2n) is 4.39. The first-order chi connectivity index (χ1) is 8.11. The van der Waals surface area contributed by atoms with Gasteiger partial charge in [0.15, 0.2) is 0 Å². The van der Waals surface area contributed by atoms with Gasteiger partial charge in [0.2, 0.25) is 0 Å². The number of hydrogen-bond acceptors (Lipinski definition) is 5. The van der Waals surface area contributed by atoms with Crippen LogP contribution in [0.15, 0.2) is 18.2 Å². The van der Waals surface area contributed by atoms with E-state index >= 15 is 0 Å². The highest BCUT2D eigenvalue weighted by Crippen LogP contribution is 2.29. The van der Waals surface area contributed by atoms with Crippen LogP contribution in [-0.4, -0.2) is 22.9 Å². The highest BCUT2D eigenvalue weighted by Gasteiger charge is 2.26. The fraction of sp³-hybridized carbons (Fsp3) is 0.455. The summed E-state index contributed by atoms with van der Waals surface area (Å²) < 4.78 is 0. The van der Waals surface area contributed by atoms with E-state index in [1.54, 1.807) is 12.1 Å². The minimum absolute atomic E-state index is 0.100. The second-order valence-corrected chi connectivity index (χ2v) is 4.39. The van der Waals surface area contributed by atoms with Crippen LogP contribution in [0, 0.1) is 10.1 Å². The fourth-order valence-corrected chi connectivity index (χ4v) is 1.88. The second kappa shape index (κ2) is 4.68. The molecule has 0 spiro atoms. The molecule has 1 fully saturated rings. The van der Waals surface area contributed by atoms with Crippen molar-refractivity contribution in [1.82, 2.24) is 4.90 Å². The van der Waals surface area contributed by atoms with Crippen molar-refractivity contribution in [1.29, 1.82) is 0 Å². The lowest BCUT2D eigenvalue weighted by atomic mass is 10.1. The molecule has 1 saturated carbocycles. The summed E-state index contributed by atoms with van der Waals surface area (Å²) in [5.41, 5.74) is 4.27. The van der Waals surface area contributed by atoms with E-state index in [-0.39, 0.29) is 10.6 Å². The number of nitrogens with one attached hydrogen (secondary N) is 1. The molecule has 2 rings (SSSR count). The van der Waals surface area contributed by atoms with Crippen LogP contribution in [-0.2, 0) is 6.54 Å². The van der Waals surface area contributed by atoms with Crippen molar-refractivity contribution in [3.8, 4) is 0 Å². The van der Waals surface area contributed by atoms with Crippen LogP contribution in [0.2, 0.25) is 0 Å². The summed E-state index contributed by atoms with van der Waals surface area (Å²) in [6, 6.07) is 5.29. The zero-order chi connectivity index (χ0) is 12.4. The molecule has 92 valence electrons. The van der Waals surface area contributed by atoms with E-state index in [0.717, 1.165) is 11.3 Å². The van der Waals surface area contributed by atoms with Crippen LogP contribution in [0.25, 0.3) is 0 Å². The number of nitrogens with two attached hydrogens (primary N) is 1. The molecule has 17 heavy (non-hydrogen) atoms. The van der Waals surface area contributed by atoms with E-state index in [0.29, 0.717) is 12.6 Å².